The number of alkyl halides is 1. The van der Waals surface area contributed by atoms with Crippen molar-refractivity contribution in [2.45, 2.75) is 24.1 Å². The Labute approximate surface area is 118 Å². The lowest BCUT2D eigenvalue weighted by molar-refractivity contribution is 1.08. The van der Waals surface area contributed by atoms with Gasteiger partial charge in [-0.15, -0.1) is 23.4 Å². The summed E-state index contributed by atoms with van der Waals surface area (Å²) in [7, 11) is 0. The van der Waals surface area contributed by atoms with Gasteiger partial charge in [-0.1, -0.05) is 36.4 Å². The second-order valence-electron chi connectivity index (χ2n) is 4.45. The maximum atomic E-state index is 6.63. The topological polar surface area (TPSA) is 0 Å². The van der Waals surface area contributed by atoms with Crippen molar-refractivity contribution in [2.24, 2.45) is 0 Å². The van der Waals surface area contributed by atoms with Gasteiger partial charge in [-0.3, -0.25) is 0 Å². The molecule has 0 aliphatic heterocycles. The average molecular weight is 277 g/mol. The van der Waals surface area contributed by atoms with Gasteiger partial charge in [0.15, 0.2) is 0 Å². The number of hydrogen-bond donors (Lipinski definition) is 0. The zero-order valence-electron chi connectivity index (χ0n) is 10.9. The Morgan fingerprint density at radius 2 is 1.72 bits per heavy atom. The fourth-order valence-corrected chi connectivity index (χ4v) is 3.00. The quantitative estimate of drug-likeness (QED) is 0.538. The molecule has 0 spiro atoms. The molecule has 2 heteroatoms. The smallest absolute Gasteiger partial charge is 0.0846 e. The van der Waals surface area contributed by atoms with Crippen molar-refractivity contribution in [3.63, 3.8) is 0 Å². The highest BCUT2D eigenvalue weighted by molar-refractivity contribution is 7.98. The Kier molecular flexibility index (Phi) is 4.36. The molecule has 2 aromatic carbocycles. The number of thioether (sulfide) groups is 1. The molecular formula is C16H17ClS. The van der Waals surface area contributed by atoms with E-state index < -0.39 is 0 Å². The molecule has 94 valence electrons. The first-order chi connectivity index (χ1) is 8.63. The summed E-state index contributed by atoms with van der Waals surface area (Å²) in [5.41, 5.74) is 4.96. The molecule has 1 atom stereocenters. The Hall–Kier alpha value is -0.920. The molecule has 2 aromatic rings. The van der Waals surface area contributed by atoms with Crippen molar-refractivity contribution < 1.29 is 0 Å². The van der Waals surface area contributed by atoms with E-state index in [-0.39, 0.29) is 5.38 Å². The van der Waals surface area contributed by atoms with Crippen LogP contribution in [0.3, 0.4) is 0 Å². The predicted molar refractivity (Wildman–Crippen MR) is 81.8 cm³/mol. The van der Waals surface area contributed by atoms with Gasteiger partial charge in [0.05, 0.1) is 5.38 Å². The summed E-state index contributed by atoms with van der Waals surface area (Å²) in [5.74, 6) is 0. The minimum absolute atomic E-state index is 0.0760. The lowest BCUT2D eigenvalue weighted by atomic mass is 10.00. The van der Waals surface area contributed by atoms with Crippen LogP contribution in [0.25, 0.3) is 0 Å². The van der Waals surface area contributed by atoms with E-state index in [1.54, 1.807) is 11.8 Å². The number of halogens is 1. The molecule has 1 unspecified atom stereocenters. The third kappa shape index (κ3) is 2.73. The molecule has 0 saturated carbocycles. The van der Waals surface area contributed by atoms with Crippen molar-refractivity contribution in [1.29, 1.82) is 0 Å². The maximum Gasteiger partial charge on any atom is 0.0846 e. The highest BCUT2D eigenvalue weighted by Gasteiger charge is 2.14. The van der Waals surface area contributed by atoms with E-state index in [0.717, 1.165) is 0 Å². The van der Waals surface area contributed by atoms with Gasteiger partial charge in [0, 0.05) is 4.90 Å². The van der Waals surface area contributed by atoms with Crippen molar-refractivity contribution in [2.75, 3.05) is 6.26 Å². The van der Waals surface area contributed by atoms with Crippen LogP contribution >= 0.6 is 23.4 Å². The van der Waals surface area contributed by atoms with Gasteiger partial charge < -0.3 is 0 Å². The van der Waals surface area contributed by atoms with E-state index in [4.69, 9.17) is 11.6 Å². The fourth-order valence-electron chi connectivity index (χ4n) is 1.98. The van der Waals surface area contributed by atoms with Crippen LogP contribution in [-0.2, 0) is 0 Å². The zero-order valence-corrected chi connectivity index (χ0v) is 12.5. The number of benzene rings is 2. The summed E-state index contributed by atoms with van der Waals surface area (Å²) in [6.45, 7) is 4.25. The number of rotatable bonds is 3. The Morgan fingerprint density at radius 1 is 1.00 bits per heavy atom. The van der Waals surface area contributed by atoms with Gasteiger partial charge in [-0.25, -0.2) is 0 Å². The van der Waals surface area contributed by atoms with E-state index in [1.807, 2.05) is 6.07 Å². The summed E-state index contributed by atoms with van der Waals surface area (Å²) < 4.78 is 0. The monoisotopic (exact) mass is 276 g/mol. The minimum atomic E-state index is -0.0760. The van der Waals surface area contributed by atoms with Gasteiger partial charge in [0.1, 0.15) is 0 Å². The molecule has 0 nitrogen and oxygen atoms in total. The molecule has 2 rings (SSSR count). The van der Waals surface area contributed by atoms with E-state index in [2.05, 4.69) is 56.5 Å². The molecule has 0 bridgehead atoms. The highest BCUT2D eigenvalue weighted by Crippen LogP contribution is 2.35. The first-order valence-corrected chi connectivity index (χ1v) is 7.63. The first kappa shape index (κ1) is 13.5. The Morgan fingerprint density at radius 3 is 2.39 bits per heavy atom. The fraction of sp³-hybridized carbons (Fsp3) is 0.250. The molecule has 0 radical (unpaired) electrons. The summed E-state index contributed by atoms with van der Waals surface area (Å²) >= 11 is 8.37. The van der Waals surface area contributed by atoms with E-state index in [0.29, 0.717) is 0 Å². The molecule has 18 heavy (non-hydrogen) atoms. The minimum Gasteiger partial charge on any atom is -0.129 e. The Balaban J connectivity index is 2.41. The molecule has 0 amide bonds. The van der Waals surface area contributed by atoms with Crippen LogP contribution in [0.4, 0.5) is 0 Å². The molecule has 0 aliphatic carbocycles. The second kappa shape index (κ2) is 5.81. The zero-order chi connectivity index (χ0) is 13.1. The number of hydrogen-bond acceptors (Lipinski definition) is 1. The maximum absolute atomic E-state index is 6.63. The standard InChI is InChI=1S/C16H17ClS/c1-11-8-9-13(10-12(11)2)16(17)14-6-4-5-7-15(14)18-3/h4-10,16H,1-3H3. The summed E-state index contributed by atoms with van der Waals surface area (Å²) in [6.07, 6.45) is 2.09. The molecule has 0 aliphatic rings. The number of aryl methyl sites for hydroxylation is 2. The van der Waals surface area contributed by atoms with Crippen LogP contribution in [-0.4, -0.2) is 6.26 Å². The van der Waals surface area contributed by atoms with Gasteiger partial charge >= 0.3 is 0 Å². The highest BCUT2D eigenvalue weighted by atomic mass is 35.5. The third-order valence-corrected chi connectivity index (χ3v) is 4.53. The first-order valence-electron chi connectivity index (χ1n) is 5.97. The average Bonchev–Trinajstić information content (AvgIpc) is 2.41. The van der Waals surface area contributed by atoms with Gasteiger partial charge in [-0.2, -0.15) is 0 Å². The van der Waals surface area contributed by atoms with Crippen LogP contribution < -0.4 is 0 Å². The van der Waals surface area contributed by atoms with Crippen molar-refractivity contribution >= 4 is 23.4 Å². The second-order valence-corrected chi connectivity index (χ2v) is 5.73. The van der Waals surface area contributed by atoms with Gasteiger partial charge in [0.2, 0.25) is 0 Å². The molecule has 0 aromatic heterocycles. The van der Waals surface area contributed by atoms with E-state index >= 15 is 0 Å². The van der Waals surface area contributed by atoms with E-state index in [9.17, 15) is 0 Å². The SMILES string of the molecule is CSc1ccccc1C(Cl)c1ccc(C)c(C)c1. The van der Waals surface area contributed by atoms with Gasteiger partial charge in [0.25, 0.3) is 0 Å². The molecule has 0 saturated heterocycles. The lowest BCUT2D eigenvalue weighted by Crippen LogP contribution is -1.96. The predicted octanol–water partition coefficient (Wildman–Crippen LogP) is 5.35. The largest absolute Gasteiger partial charge is 0.129 e. The molecule has 0 fully saturated rings. The van der Waals surface area contributed by atoms with Crippen molar-refractivity contribution in [3.8, 4) is 0 Å². The van der Waals surface area contributed by atoms with Crippen molar-refractivity contribution in [1.82, 2.24) is 0 Å². The lowest BCUT2D eigenvalue weighted by Gasteiger charge is -2.15. The normalized spacial score (nSPS) is 12.4. The van der Waals surface area contributed by atoms with Crippen molar-refractivity contribution in [3.05, 3.63) is 64.7 Å². The summed E-state index contributed by atoms with van der Waals surface area (Å²) in [5, 5.41) is -0.0760. The molecule has 0 N–H and O–H groups in total. The summed E-state index contributed by atoms with van der Waals surface area (Å²) in [4.78, 5) is 1.25. The molecule has 0 heterocycles. The van der Waals surface area contributed by atoms with Crippen LogP contribution in [0.15, 0.2) is 47.4 Å². The molecular weight excluding hydrogens is 260 g/mol. The van der Waals surface area contributed by atoms with Crippen LogP contribution in [0, 0.1) is 13.8 Å². The van der Waals surface area contributed by atoms with Crippen LogP contribution in [0.1, 0.15) is 27.6 Å². The van der Waals surface area contributed by atoms with Crippen LogP contribution in [0.5, 0.6) is 0 Å². The van der Waals surface area contributed by atoms with Crippen LogP contribution in [0.2, 0.25) is 0 Å². The van der Waals surface area contributed by atoms with E-state index in [1.165, 1.54) is 27.1 Å². The third-order valence-electron chi connectivity index (χ3n) is 3.24. The summed E-state index contributed by atoms with van der Waals surface area (Å²) in [6, 6.07) is 14.8. The Bertz CT molecular complexity index is 549. The van der Waals surface area contributed by atoms with Gasteiger partial charge in [-0.05, 0) is 48.4 Å².